The van der Waals surface area contributed by atoms with Gasteiger partial charge in [-0.15, -0.1) is 0 Å². The molecule has 1 nitrogen and oxygen atoms in total. The molecule has 0 radical (unpaired) electrons. The number of hydrogen-bond acceptors (Lipinski definition) is 1. The Kier molecular flexibility index (Phi) is 4.81. The van der Waals surface area contributed by atoms with Gasteiger partial charge in [-0.05, 0) is 36.6 Å². The van der Waals surface area contributed by atoms with Gasteiger partial charge in [0.2, 0.25) is 0 Å². The fourth-order valence-electron chi connectivity index (χ4n) is 1.35. The average molecular weight is 213 g/mol. The summed E-state index contributed by atoms with van der Waals surface area (Å²) in [5, 5.41) is 0.749. The van der Waals surface area contributed by atoms with Crippen LogP contribution in [-0.2, 0) is 0 Å². The first-order chi connectivity index (χ1) is 6.72. The number of halogens is 1. The summed E-state index contributed by atoms with van der Waals surface area (Å²) in [6.45, 7) is 5.19. The molecule has 0 saturated carbocycles. The minimum absolute atomic E-state index is 0.621. The molecule has 14 heavy (non-hydrogen) atoms. The minimum atomic E-state index is 0.621. The van der Waals surface area contributed by atoms with Crippen LogP contribution in [0.15, 0.2) is 24.3 Å². The van der Waals surface area contributed by atoms with E-state index in [4.69, 9.17) is 16.3 Å². The topological polar surface area (TPSA) is 9.23 Å². The highest BCUT2D eigenvalue weighted by Crippen LogP contribution is 2.16. The molecule has 0 aliphatic carbocycles. The lowest BCUT2D eigenvalue weighted by atomic mass is 10.1. The van der Waals surface area contributed by atoms with Crippen molar-refractivity contribution in [3.63, 3.8) is 0 Å². The van der Waals surface area contributed by atoms with Crippen molar-refractivity contribution in [2.75, 3.05) is 6.61 Å². The van der Waals surface area contributed by atoms with E-state index in [1.54, 1.807) is 0 Å². The predicted octanol–water partition coefficient (Wildman–Crippen LogP) is 4.16. The van der Waals surface area contributed by atoms with Crippen LogP contribution in [0.4, 0.5) is 0 Å². The van der Waals surface area contributed by atoms with Gasteiger partial charge in [-0.2, -0.15) is 0 Å². The molecule has 0 heterocycles. The Bertz CT molecular complexity index is 256. The van der Waals surface area contributed by atoms with Crippen LogP contribution in [0, 0.1) is 5.92 Å². The molecule has 1 unspecified atom stereocenters. The zero-order valence-electron chi connectivity index (χ0n) is 8.79. The first-order valence-electron chi connectivity index (χ1n) is 5.10. The van der Waals surface area contributed by atoms with Gasteiger partial charge in [0.25, 0.3) is 0 Å². The molecule has 0 amide bonds. The lowest BCUT2D eigenvalue weighted by Crippen LogP contribution is -2.07. The first kappa shape index (κ1) is 11.4. The summed E-state index contributed by atoms with van der Waals surface area (Å²) in [5.41, 5.74) is 0. The molecule has 1 atom stereocenters. The molecular formula is C12H17ClO. The molecule has 1 rings (SSSR count). The third kappa shape index (κ3) is 4.01. The molecule has 0 fully saturated rings. The molecular weight excluding hydrogens is 196 g/mol. The van der Waals surface area contributed by atoms with Crippen molar-refractivity contribution in [3.05, 3.63) is 29.3 Å². The van der Waals surface area contributed by atoms with E-state index in [9.17, 15) is 0 Å². The summed E-state index contributed by atoms with van der Waals surface area (Å²) in [7, 11) is 0. The van der Waals surface area contributed by atoms with Gasteiger partial charge in [0, 0.05) is 5.02 Å². The molecule has 2 heteroatoms. The Hall–Kier alpha value is -0.690. The zero-order chi connectivity index (χ0) is 10.4. The molecule has 0 aliphatic heterocycles. The van der Waals surface area contributed by atoms with E-state index < -0.39 is 0 Å². The largest absolute Gasteiger partial charge is 0.493 e. The highest BCUT2D eigenvalue weighted by Gasteiger charge is 2.01. The second kappa shape index (κ2) is 5.92. The van der Waals surface area contributed by atoms with Gasteiger partial charge in [0.15, 0.2) is 0 Å². The number of hydrogen-bond donors (Lipinski definition) is 0. The summed E-state index contributed by atoms with van der Waals surface area (Å²) in [5.74, 6) is 1.52. The van der Waals surface area contributed by atoms with Crippen molar-refractivity contribution in [1.82, 2.24) is 0 Å². The summed E-state index contributed by atoms with van der Waals surface area (Å²) in [6, 6.07) is 7.50. The van der Waals surface area contributed by atoms with Gasteiger partial charge in [-0.3, -0.25) is 0 Å². The zero-order valence-corrected chi connectivity index (χ0v) is 9.55. The molecule has 0 aromatic heterocycles. The van der Waals surface area contributed by atoms with Crippen LogP contribution in [-0.4, -0.2) is 6.61 Å². The first-order valence-corrected chi connectivity index (χ1v) is 5.48. The lowest BCUT2D eigenvalue weighted by Gasteiger charge is -2.11. The lowest BCUT2D eigenvalue weighted by molar-refractivity contribution is 0.251. The van der Waals surface area contributed by atoms with Crippen LogP contribution in [0.2, 0.25) is 5.02 Å². The van der Waals surface area contributed by atoms with E-state index in [0.717, 1.165) is 17.4 Å². The molecule has 78 valence electrons. The van der Waals surface area contributed by atoms with E-state index in [0.29, 0.717) is 5.92 Å². The highest BCUT2D eigenvalue weighted by molar-refractivity contribution is 6.30. The smallest absolute Gasteiger partial charge is 0.119 e. The highest BCUT2D eigenvalue weighted by atomic mass is 35.5. The Morgan fingerprint density at radius 3 is 2.50 bits per heavy atom. The van der Waals surface area contributed by atoms with Crippen LogP contribution < -0.4 is 4.74 Å². The predicted molar refractivity (Wildman–Crippen MR) is 61.0 cm³/mol. The molecule has 1 aromatic carbocycles. The Labute approximate surface area is 91.0 Å². The van der Waals surface area contributed by atoms with Crippen molar-refractivity contribution >= 4 is 11.6 Å². The fourth-order valence-corrected chi connectivity index (χ4v) is 1.47. The molecule has 0 N–H and O–H groups in total. The van der Waals surface area contributed by atoms with Crippen molar-refractivity contribution in [3.8, 4) is 5.75 Å². The summed E-state index contributed by atoms with van der Waals surface area (Å²) < 4.78 is 5.62. The van der Waals surface area contributed by atoms with Gasteiger partial charge in [-0.25, -0.2) is 0 Å². The molecule has 0 spiro atoms. The summed E-state index contributed by atoms with van der Waals surface area (Å²) >= 11 is 5.77. The summed E-state index contributed by atoms with van der Waals surface area (Å²) in [4.78, 5) is 0. The Balaban J connectivity index is 2.34. The van der Waals surface area contributed by atoms with Crippen molar-refractivity contribution in [2.45, 2.75) is 26.7 Å². The Morgan fingerprint density at radius 2 is 1.93 bits per heavy atom. The summed E-state index contributed by atoms with van der Waals surface area (Å²) in [6.07, 6.45) is 2.43. The van der Waals surface area contributed by atoms with Crippen LogP contribution in [0.1, 0.15) is 26.7 Å². The standard InChI is InChI=1S/C12H17ClO/c1-3-4-10(2)9-14-12-7-5-11(13)6-8-12/h5-8,10H,3-4,9H2,1-2H3. The Morgan fingerprint density at radius 1 is 1.29 bits per heavy atom. The number of rotatable bonds is 5. The van der Waals surface area contributed by atoms with Crippen LogP contribution in [0.3, 0.4) is 0 Å². The van der Waals surface area contributed by atoms with E-state index >= 15 is 0 Å². The van der Waals surface area contributed by atoms with Crippen molar-refractivity contribution in [2.24, 2.45) is 5.92 Å². The van der Waals surface area contributed by atoms with E-state index in [1.165, 1.54) is 12.8 Å². The molecule has 0 bridgehead atoms. The van der Waals surface area contributed by atoms with Gasteiger partial charge in [-0.1, -0.05) is 31.9 Å². The normalized spacial score (nSPS) is 12.5. The van der Waals surface area contributed by atoms with Gasteiger partial charge >= 0.3 is 0 Å². The van der Waals surface area contributed by atoms with E-state index in [-0.39, 0.29) is 0 Å². The van der Waals surface area contributed by atoms with E-state index in [2.05, 4.69) is 13.8 Å². The number of benzene rings is 1. The van der Waals surface area contributed by atoms with Crippen LogP contribution in [0.25, 0.3) is 0 Å². The molecule has 0 saturated heterocycles. The van der Waals surface area contributed by atoms with E-state index in [1.807, 2.05) is 24.3 Å². The van der Waals surface area contributed by atoms with Gasteiger partial charge < -0.3 is 4.74 Å². The SMILES string of the molecule is CCCC(C)COc1ccc(Cl)cc1. The fraction of sp³-hybridized carbons (Fsp3) is 0.500. The maximum Gasteiger partial charge on any atom is 0.119 e. The second-order valence-electron chi connectivity index (χ2n) is 3.66. The van der Waals surface area contributed by atoms with Crippen molar-refractivity contribution < 1.29 is 4.74 Å². The molecule has 0 aliphatic rings. The number of ether oxygens (including phenoxy) is 1. The average Bonchev–Trinajstić information content (AvgIpc) is 2.17. The maximum absolute atomic E-state index is 5.77. The monoisotopic (exact) mass is 212 g/mol. The third-order valence-electron chi connectivity index (χ3n) is 2.13. The quantitative estimate of drug-likeness (QED) is 0.713. The van der Waals surface area contributed by atoms with Gasteiger partial charge in [0.1, 0.15) is 5.75 Å². The second-order valence-corrected chi connectivity index (χ2v) is 4.10. The van der Waals surface area contributed by atoms with Crippen LogP contribution in [0.5, 0.6) is 5.75 Å². The van der Waals surface area contributed by atoms with Crippen LogP contribution >= 0.6 is 11.6 Å². The third-order valence-corrected chi connectivity index (χ3v) is 2.38. The van der Waals surface area contributed by atoms with Crippen molar-refractivity contribution in [1.29, 1.82) is 0 Å². The molecule has 1 aromatic rings. The maximum atomic E-state index is 5.77. The van der Waals surface area contributed by atoms with Gasteiger partial charge in [0.05, 0.1) is 6.61 Å². The minimum Gasteiger partial charge on any atom is -0.493 e.